The summed E-state index contributed by atoms with van der Waals surface area (Å²) in [6.45, 7) is 8.60. The number of nitrogens with zero attached hydrogens (tertiary/aromatic N) is 3. The van der Waals surface area contributed by atoms with E-state index in [1.54, 1.807) is 22.8 Å². The molecule has 162 valence electrons. The Bertz CT molecular complexity index is 1210. The number of para-hydroxylation sites is 1. The smallest absolute Gasteiger partial charge is 0.262 e. The van der Waals surface area contributed by atoms with Gasteiger partial charge in [-0.3, -0.25) is 14.2 Å². The first kappa shape index (κ1) is 21.9. The maximum Gasteiger partial charge on any atom is 0.262 e. The molecule has 1 aromatic heterocycles. The third kappa shape index (κ3) is 4.23. The highest BCUT2D eigenvalue weighted by atomic mass is 35.5. The number of amides is 1. The van der Waals surface area contributed by atoms with Gasteiger partial charge in [-0.25, -0.2) is 4.98 Å². The van der Waals surface area contributed by atoms with Crippen LogP contribution in [-0.2, 0) is 17.8 Å². The maximum absolute atomic E-state index is 13.4. The van der Waals surface area contributed by atoms with E-state index in [0.717, 1.165) is 12.1 Å². The Hall–Kier alpha value is -2.31. The minimum atomic E-state index is -0.385. The molecule has 1 aliphatic heterocycles. The molecular formula is C24H26ClN3O2S. The summed E-state index contributed by atoms with van der Waals surface area (Å²) in [6.07, 6.45) is 0.854. The second-order valence-electron chi connectivity index (χ2n) is 8.52. The number of thioether (sulfide) groups is 1. The average molecular weight is 456 g/mol. The monoisotopic (exact) mass is 455 g/mol. The fourth-order valence-corrected chi connectivity index (χ4v) is 5.23. The molecule has 4 rings (SSSR count). The zero-order valence-electron chi connectivity index (χ0n) is 18.1. The summed E-state index contributed by atoms with van der Waals surface area (Å²) in [4.78, 5) is 33.3. The van der Waals surface area contributed by atoms with E-state index in [9.17, 15) is 9.59 Å². The lowest BCUT2D eigenvalue weighted by Crippen LogP contribution is -2.40. The van der Waals surface area contributed by atoms with E-state index in [4.69, 9.17) is 16.6 Å². The quantitative estimate of drug-likeness (QED) is 0.393. The lowest BCUT2D eigenvalue weighted by molar-refractivity contribution is -0.118. The number of carbonyl (C=O) groups excluding carboxylic acids is 1. The molecule has 0 saturated carbocycles. The summed E-state index contributed by atoms with van der Waals surface area (Å²) in [5.41, 5.74) is 2.64. The van der Waals surface area contributed by atoms with Gasteiger partial charge in [0.25, 0.3) is 5.56 Å². The van der Waals surface area contributed by atoms with Gasteiger partial charge < -0.3 is 4.90 Å². The van der Waals surface area contributed by atoms with Crippen LogP contribution in [0.25, 0.3) is 10.9 Å². The van der Waals surface area contributed by atoms with Gasteiger partial charge in [-0.05, 0) is 56.0 Å². The van der Waals surface area contributed by atoms with Gasteiger partial charge in [0, 0.05) is 23.3 Å². The molecule has 0 fully saturated rings. The Kier molecular flexibility index (Phi) is 6.13. The Labute approximate surface area is 191 Å². The van der Waals surface area contributed by atoms with Crippen LogP contribution in [-0.4, -0.2) is 26.8 Å². The highest BCUT2D eigenvalue weighted by Gasteiger charge is 2.34. The standard InChI is InChI=1S/C24H26ClN3O2S/c1-14(2)13-27-23(30)19-12-18(25)9-10-20(19)26-24(27)31-16(4)22(29)28-15(3)11-17-7-5-6-8-21(17)28/h5-10,12,14-16H,11,13H2,1-4H3/t15-,16+/m0/s1. The van der Waals surface area contributed by atoms with Gasteiger partial charge in [0.1, 0.15) is 0 Å². The predicted molar refractivity (Wildman–Crippen MR) is 128 cm³/mol. The van der Waals surface area contributed by atoms with E-state index in [1.807, 2.05) is 30.0 Å². The lowest BCUT2D eigenvalue weighted by atomic mass is 10.1. The Morgan fingerprint density at radius 1 is 1.23 bits per heavy atom. The molecule has 0 spiro atoms. The van der Waals surface area contributed by atoms with Crippen molar-refractivity contribution < 1.29 is 4.79 Å². The fourth-order valence-electron chi connectivity index (χ4n) is 4.09. The van der Waals surface area contributed by atoms with Crippen LogP contribution in [0.15, 0.2) is 52.4 Å². The lowest BCUT2D eigenvalue weighted by Gasteiger charge is -2.26. The van der Waals surface area contributed by atoms with Crippen molar-refractivity contribution in [3.05, 3.63) is 63.4 Å². The molecule has 0 saturated heterocycles. The molecule has 1 amide bonds. The minimum absolute atomic E-state index is 0.0315. The van der Waals surface area contributed by atoms with Gasteiger partial charge in [-0.1, -0.05) is 55.4 Å². The van der Waals surface area contributed by atoms with Crippen molar-refractivity contribution in [2.24, 2.45) is 5.92 Å². The first-order chi connectivity index (χ1) is 14.8. The molecule has 2 atom stereocenters. The topological polar surface area (TPSA) is 55.2 Å². The van der Waals surface area contributed by atoms with Crippen molar-refractivity contribution in [3.8, 4) is 0 Å². The van der Waals surface area contributed by atoms with Crippen molar-refractivity contribution >= 4 is 45.9 Å². The van der Waals surface area contributed by atoms with Crippen molar-refractivity contribution in [2.45, 2.75) is 57.1 Å². The molecule has 2 heterocycles. The van der Waals surface area contributed by atoms with E-state index in [-0.39, 0.29) is 28.7 Å². The molecule has 0 radical (unpaired) electrons. The minimum Gasteiger partial charge on any atom is -0.308 e. The number of rotatable bonds is 5. The Morgan fingerprint density at radius 3 is 2.71 bits per heavy atom. The Morgan fingerprint density at radius 2 is 1.97 bits per heavy atom. The largest absolute Gasteiger partial charge is 0.308 e. The van der Waals surface area contributed by atoms with Crippen LogP contribution in [0, 0.1) is 5.92 Å². The summed E-state index contributed by atoms with van der Waals surface area (Å²) in [5, 5.41) is 1.19. The van der Waals surface area contributed by atoms with E-state index >= 15 is 0 Å². The van der Waals surface area contributed by atoms with Crippen molar-refractivity contribution in [1.29, 1.82) is 0 Å². The third-order valence-corrected chi connectivity index (χ3v) is 6.82. The van der Waals surface area contributed by atoms with Crippen LogP contribution in [0.2, 0.25) is 5.02 Å². The van der Waals surface area contributed by atoms with Crippen LogP contribution < -0.4 is 10.5 Å². The normalized spacial score (nSPS) is 16.7. The molecule has 7 heteroatoms. The van der Waals surface area contributed by atoms with Crippen LogP contribution in [0.5, 0.6) is 0 Å². The van der Waals surface area contributed by atoms with E-state index in [0.29, 0.717) is 27.6 Å². The Balaban J connectivity index is 1.70. The van der Waals surface area contributed by atoms with Crippen molar-refractivity contribution in [3.63, 3.8) is 0 Å². The molecule has 5 nitrogen and oxygen atoms in total. The van der Waals surface area contributed by atoms with Gasteiger partial charge >= 0.3 is 0 Å². The van der Waals surface area contributed by atoms with E-state index in [1.165, 1.54) is 17.3 Å². The fraction of sp³-hybridized carbons (Fsp3) is 0.375. The molecule has 31 heavy (non-hydrogen) atoms. The van der Waals surface area contributed by atoms with Gasteiger partial charge in [0.05, 0.1) is 16.2 Å². The highest BCUT2D eigenvalue weighted by molar-refractivity contribution is 8.00. The number of hydrogen-bond acceptors (Lipinski definition) is 4. The van der Waals surface area contributed by atoms with Crippen LogP contribution in [0.3, 0.4) is 0 Å². The van der Waals surface area contributed by atoms with Gasteiger partial charge in [-0.2, -0.15) is 0 Å². The first-order valence-corrected chi connectivity index (χ1v) is 11.8. The molecular weight excluding hydrogens is 430 g/mol. The second kappa shape index (κ2) is 8.67. The van der Waals surface area contributed by atoms with E-state index < -0.39 is 0 Å². The number of anilines is 1. The van der Waals surface area contributed by atoms with Gasteiger partial charge in [-0.15, -0.1) is 0 Å². The summed E-state index contributed by atoms with van der Waals surface area (Å²) in [7, 11) is 0. The summed E-state index contributed by atoms with van der Waals surface area (Å²) < 4.78 is 1.68. The van der Waals surface area contributed by atoms with Crippen LogP contribution >= 0.6 is 23.4 Å². The van der Waals surface area contributed by atoms with Gasteiger partial charge in [0.15, 0.2) is 5.16 Å². The third-order valence-electron chi connectivity index (χ3n) is 5.50. The molecule has 0 unspecified atom stereocenters. The van der Waals surface area contributed by atoms with Crippen LogP contribution in [0.1, 0.15) is 33.3 Å². The maximum atomic E-state index is 13.4. The highest BCUT2D eigenvalue weighted by Crippen LogP contribution is 2.34. The number of halogens is 1. The predicted octanol–water partition coefficient (Wildman–Crippen LogP) is 5.16. The second-order valence-corrected chi connectivity index (χ2v) is 10.3. The van der Waals surface area contributed by atoms with E-state index in [2.05, 4.69) is 26.8 Å². The van der Waals surface area contributed by atoms with Crippen LogP contribution in [0.4, 0.5) is 5.69 Å². The number of aromatic nitrogens is 2. The zero-order valence-corrected chi connectivity index (χ0v) is 19.7. The molecule has 1 aliphatic rings. The average Bonchev–Trinajstić information content (AvgIpc) is 3.06. The van der Waals surface area contributed by atoms with Gasteiger partial charge in [0.2, 0.25) is 5.91 Å². The number of hydrogen-bond donors (Lipinski definition) is 0. The molecule has 2 aromatic carbocycles. The number of fused-ring (bicyclic) bond motifs is 2. The molecule has 0 aliphatic carbocycles. The molecule has 0 bridgehead atoms. The number of carbonyl (C=O) groups is 1. The summed E-state index contributed by atoms with van der Waals surface area (Å²) in [6, 6.07) is 13.3. The summed E-state index contributed by atoms with van der Waals surface area (Å²) in [5.74, 6) is 0.288. The molecule has 3 aromatic rings. The first-order valence-electron chi connectivity index (χ1n) is 10.5. The van der Waals surface area contributed by atoms with Crippen molar-refractivity contribution in [1.82, 2.24) is 9.55 Å². The SMILES string of the molecule is CC(C)Cn1c(S[C@H](C)C(=O)N2c3ccccc3C[C@@H]2C)nc2ccc(Cl)cc2c1=O. The van der Waals surface area contributed by atoms with Crippen molar-refractivity contribution in [2.75, 3.05) is 4.90 Å². The summed E-state index contributed by atoms with van der Waals surface area (Å²) >= 11 is 7.46. The zero-order chi connectivity index (χ0) is 22.3. The number of benzene rings is 2. The molecule has 0 N–H and O–H groups in total.